The number of amides is 5. The van der Waals surface area contributed by atoms with Gasteiger partial charge in [0, 0.05) is 61.2 Å². The molecular formula is C55H57N7O11. The second-order valence-electron chi connectivity index (χ2n) is 18.4. The topological polar surface area (TPSA) is 216 Å². The summed E-state index contributed by atoms with van der Waals surface area (Å²) in [5, 5.41) is 11.7. The number of anilines is 4. The van der Waals surface area contributed by atoms with Gasteiger partial charge in [-0.15, -0.1) is 0 Å². The molecule has 4 atom stereocenters. The highest BCUT2D eigenvalue weighted by Gasteiger charge is 2.39. The fourth-order valence-corrected chi connectivity index (χ4v) is 9.62. The van der Waals surface area contributed by atoms with E-state index in [-0.39, 0.29) is 61.8 Å². The summed E-state index contributed by atoms with van der Waals surface area (Å²) in [5.74, 6) is -0.790. The fourth-order valence-electron chi connectivity index (χ4n) is 9.62. The van der Waals surface area contributed by atoms with Crippen molar-refractivity contribution in [1.29, 1.82) is 0 Å². The third kappa shape index (κ3) is 10.6. The van der Waals surface area contributed by atoms with Crippen LogP contribution in [0.15, 0.2) is 96.0 Å². The molecule has 0 saturated heterocycles. The van der Waals surface area contributed by atoms with E-state index in [2.05, 4.69) is 26.0 Å². The van der Waals surface area contributed by atoms with Crippen molar-refractivity contribution in [3.8, 4) is 23.0 Å². The monoisotopic (exact) mass is 991 g/mol. The third-order valence-corrected chi connectivity index (χ3v) is 13.4. The van der Waals surface area contributed by atoms with Gasteiger partial charge in [-0.2, -0.15) is 0 Å². The Morgan fingerprint density at radius 2 is 1.29 bits per heavy atom. The lowest BCUT2D eigenvalue weighted by Crippen LogP contribution is -2.50. The van der Waals surface area contributed by atoms with E-state index in [1.807, 2.05) is 59.5 Å². The highest BCUT2D eigenvalue weighted by Crippen LogP contribution is 2.43. The molecule has 4 heterocycles. The number of unbranched alkanes of at least 4 members (excludes halogenated alkanes) is 1. The molecule has 378 valence electrons. The molecule has 9 rings (SSSR count). The number of rotatable bonds is 18. The Hall–Kier alpha value is -8.41. The van der Waals surface area contributed by atoms with Crippen LogP contribution in [0.2, 0.25) is 0 Å². The third-order valence-electron chi connectivity index (χ3n) is 13.4. The van der Waals surface area contributed by atoms with E-state index in [0.717, 1.165) is 28.9 Å². The van der Waals surface area contributed by atoms with Crippen LogP contribution in [0.1, 0.15) is 82.5 Å². The number of esters is 1. The second kappa shape index (κ2) is 21.5. The van der Waals surface area contributed by atoms with Crippen molar-refractivity contribution in [2.45, 2.75) is 89.8 Å². The van der Waals surface area contributed by atoms with Gasteiger partial charge in [-0.05, 0) is 97.8 Å². The summed E-state index contributed by atoms with van der Waals surface area (Å²) < 4.78 is 29.0. The molecule has 0 radical (unpaired) electrons. The lowest BCUT2D eigenvalue weighted by atomic mass is 10.1. The van der Waals surface area contributed by atoms with Gasteiger partial charge in [0.1, 0.15) is 25.3 Å². The van der Waals surface area contributed by atoms with Crippen LogP contribution in [0.25, 0.3) is 0 Å². The maximum absolute atomic E-state index is 14.1. The highest BCUT2D eigenvalue weighted by molar-refractivity contribution is 6.15. The van der Waals surface area contributed by atoms with Gasteiger partial charge in [0.05, 0.1) is 55.9 Å². The van der Waals surface area contributed by atoms with Gasteiger partial charge in [-0.1, -0.05) is 36.4 Å². The first-order valence-corrected chi connectivity index (χ1v) is 24.2. The average Bonchev–Trinajstić information content (AvgIpc) is 3.89. The molecule has 0 spiro atoms. The minimum absolute atomic E-state index is 0.00604. The van der Waals surface area contributed by atoms with E-state index >= 15 is 0 Å². The van der Waals surface area contributed by atoms with E-state index in [0.29, 0.717) is 88.1 Å². The zero-order valence-electron chi connectivity index (χ0n) is 41.2. The van der Waals surface area contributed by atoms with Gasteiger partial charge in [-0.3, -0.25) is 38.7 Å². The molecule has 4 N–H and O–H groups in total. The Morgan fingerprint density at radius 3 is 1.97 bits per heavy atom. The van der Waals surface area contributed by atoms with E-state index in [9.17, 15) is 28.8 Å². The van der Waals surface area contributed by atoms with Gasteiger partial charge in [-0.25, -0.2) is 0 Å². The number of methoxy groups -OCH3 is 3. The van der Waals surface area contributed by atoms with Gasteiger partial charge >= 0.3 is 5.97 Å². The smallest absolute Gasteiger partial charge is 0.305 e. The van der Waals surface area contributed by atoms with Crippen LogP contribution in [0, 0.1) is 0 Å². The number of ether oxygens (including phenoxy) is 5. The number of carbonyl (C=O) groups is 6. The number of nitrogens with zero attached hydrogens (tertiary/aromatic N) is 3. The van der Waals surface area contributed by atoms with Crippen LogP contribution < -0.4 is 50.0 Å². The normalized spacial score (nSPS) is 16.6. The quantitative estimate of drug-likeness (QED) is 0.0525. The van der Waals surface area contributed by atoms with Crippen LogP contribution in [0.3, 0.4) is 0 Å². The molecule has 5 aromatic rings. The summed E-state index contributed by atoms with van der Waals surface area (Å²) in [6, 6.07) is 25.5. The molecule has 0 aliphatic carbocycles. The van der Waals surface area contributed by atoms with Crippen LogP contribution in [0.4, 0.5) is 28.4 Å². The Labute approximate surface area is 422 Å². The van der Waals surface area contributed by atoms with Crippen molar-refractivity contribution in [2.75, 3.05) is 48.3 Å². The van der Waals surface area contributed by atoms with Crippen LogP contribution in [-0.4, -0.2) is 93.8 Å². The van der Waals surface area contributed by atoms with E-state index in [1.165, 1.54) is 35.2 Å². The number of hydrogen-bond donors (Lipinski definition) is 4. The first kappa shape index (κ1) is 49.6. The predicted molar refractivity (Wildman–Crippen MR) is 274 cm³/mol. The minimum atomic E-state index is -1.02. The Morgan fingerprint density at radius 1 is 0.685 bits per heavy atom. The van der Waals surface area contributed by atoms with Crippen molar-refractivity contribution in [2.24, 2.45) is 4.99 Å². The molecule has 18 heteroatoms. The van der Waals surface area contributed by atoms with E-state index in [1.54, 1.807) is 47.5 Å². The summed E-state index contributed by atoms with van der Waals surface area (Å²) in [4.78, 5) is 87.3. The van der Waals surface area contributed by atoms with Crippen LogP contribution in [0.5, 0.6) is 23.0 Å². The minimum Gasteiger partial charge on any atom is -0.493 e. The molecule has 18 nitrogen and oxygen atoms in total. The van der Waals surface area contributed by atoms with Crippen molar-refractivity contribution in [1.82, 2.24) is 10.6 Å². The van der Waals surface area contributed by atoms with Gasteiger partial charge in [0.2, 0.25) is 17.7 Å². The molecule has 4 aliphatic heterocycles. The number of benzene rings is 5. The maximum atomic E-state index is 14.1. The largest absolute Gasteiger partial charge is 0.493 e. The number of aliphatic imine (C=N–C) groups is 1. The summed E-state index contributed by atoms with van der Waals surface area (Å²) in [6.07, 6.45) is 4.36. The Bertz CT molecular complexity index is 3030. The van der Waals surface area contributed by atoms with Gasteiger partial charge in [0.15, 0.2) is 23.0 Å². The SMILES string of the molecule is COC(=O)CCCCC(=O)N[C@@H](C)C(=O)N[C@@H](C)C(=O)Nc1cc(COc2cc3c(cc2OC)C(=O)N2c4ccccc4CC2C=N3)cc(COc2cc3c(cc2OC)C(=O)N2c4ccccc4C[C@H]2CN3)c1. The number of nitrogens with one attached hydrogen (secondary N) is 4. The summed E-state index contributed by atoms with van der Waals surface area (Å²) >= 11 is 0. The molecule has 0 saturated carbocycles. The molecule has 0 aromatic heterocycles. The molecule has 0 fully saturated rings. The maximum Gasteiger partial charge on any atom is 0.305 e. The Kier molecular flexibility index (Phi) is 14.6. The van der Waals surface area contributed by atoms with Crippen molar-refractivity contribution < 1.29 is 52.5 Å². The number of hydrogen-bond acceptors (Lipinski definition) is 13. The standard InChI is InChI=1S/C55H57N7O11/c1-31(58-50(63)16-10-11-17-51(64)71-5)52(65)59-32(2)53(66)60-37-19-33(29-72-48-25-42-40(23-46(48)69-3)54(67)61-38(27-56-42)21-35-12-6-8-14-44(35)61)18-34(20-37)30-73-49-26-43-41(24-47(49)70-4)55(68)62-39(28-57-43)22-36-13-7-9-15-45(36)62/h6-9,12-15,18-20,23-27,31-32,38-39,57H,10-11,16-17,21-22,28-30H2,1-5H3,(H,58,63)(H,59,65)(H,60,66)/t31-,32-,38?,39-/m0/s1. The highest BCUT2D eigenvalue weighted by atomic mass is 16.5. The number of carbonyl (C=O) groups excluding carboxylic acids is 6. The van der Waals surface area contributed by atoms with E-state index < -0.39 is 23.9 Å². The number of fused-ring (bicyclic) bond motifs is 8. The summed E-state index contributed by atoms with van der Waals surface area (Å²) in [6.45, 7) is 3.55. The zero-order valence-corrected chi connectivity index (χ0v) is 41.2. The van der Waals surface area contributed by atoms with Gasteiger partial charge in [0.25, 0.3) is 11.8 Å². The summed E-state index contributed by atoms with van der Waals surface area (Å²) in [7, 11) is 4.30. The van der Waals surface area contributed by atoms with Crippen molar-refractivity contribution in [3.05, 3.63) is 124 Å². The first-order chi connectivity index (χ1) is 35.3. The molecule has 4 aliphatic rings. The van der Waals surface area contributed by atoms with Crippen molar-refractivity contribution in [3.63, 3.8) is 0 Å². The van der Waals surface area contributed by atoms with Crippen molar-refractivity contribution >= 4 is 70.2 Å². The first-order valence-electron chi connectivity index (χ1n) is 24.2. The second-order valence-corrected chi connectivity index (χ2v) is 18.4. The lowest BCUT2D eigenvalue weighted by Gasteiger charge is -2.22. The molecule has 1 unspecified atom stereocenters. The molecule has 5 aromatic carbocycles. The van der Waals surface area contributed by atoms with Crippen LogP contribution >= 0.6 is 0 Å². The Balaban J connectivity index is 0.931. The fraction of sp³-hybridized carbons (Fsp3) is 0.327. The molecule has 73 heavy (non-hydrogen) atoms. The number of para-hydroxylation sites is 2. The molecule has 5 amide bonds. The molecule has 0 bridgehead atoms. The summed E-state index contributed by atoms with van der Waals surface area (Å²) in [5.41, 5.74) is 7.39. The predicted octanol–water partition coefficient (Wildman–Crippen LogP) is 6.83. The van der Waals surface area contributed by atoms with Crippen LogP contribution in [-0.2, 0) is 50.0 Å². The van der Waals surface area contributed by atoms with E-state index in [4.69, 9.17) is 23.9 Å². The molecular weight excluding hydrogens is 935 g/mol. The average molecular weight is 992 g/mol. The lowest BCUT2D eigenvalue weighted by molar-refractivity contribution is -0.140. The van der Waals surface area contributed by atoms with Gasteiger partial charge < -0.3 is 49.9 Å². The zero-order chi connectivity index (χ0) is 51.3.